The van der Waals surface area contributed by atoms with Gasteiger partial charge in [0.15, 0.2) is 0 Å². The van der Waals surface area contributed by atoms with Gasteiger partial charge in [-0.15, -0.1) is 0 Å². The van der Waals surface area contributed by atoms with Crippen LogP contribution in [0.2, 0.25) is 0 Å². The van der Waals surface area contributed by atoms with E-state index in [4.69, 9.17) is 0 Å². The van der Waals surface area contributed by atoms with Gasteiger partial charge in [0.1, 0.15) is 11.8 Å². The molecule has 0 aliphatic carbocycles. The maximum Gasteiger partial charge on any atom is 0.123 e. The van der Waals surface area contributed by atoms with Gasteiger partial charge in [0.2, 0.25) is 0 Å². The average molecular weight is 250 g/mol. The second-order valence-corrected chi connectivity index (χ2v) is 7.37. The monoisotopic (exact) mass is 250 g/mol. The standard InChI is InChI=1S/C16H27NO/c1-10(17)11-8-12(15(2,3)4)14(18)13(9-11)16(5,6)7/h8-10,18H,17H2,1-7H3/p+1/t10-/m0/s1. The van der Waals surface area contributed by atoms with Gasteiger partial charge in [0.25, 0.3) is 0 Å². The zero-order chi connectivity index (χ0) is 14.3. The molecule has 1 atom stereocenters. The first-order chi connectivity index (χ1) is 7.94. The summed E-state index contributed by atoms with van der Waals surface area (Å²) in [5.41, 5.74) is 7.21. The molecule has 0 bridgehead atoms. The number of aromatic hydroxyl groups is 1. The van der Waals surface area contributed by atoms with Crippen LogP contribution in [0.25, 0.3) is 0 Å². The number of benzene rings is 1. The van der Waals surface area contributed by atoms with E-state index in [-0.39, 0.29) is 16.9 Å². The molecule has 2 heteroatoms. The number of phenols is 1. The Balaban J connectivity index is 3.59. The summed E-state index contributed by atoms with van der Waals surface area (Å²) in [4.78, 5) is 0. The lowest BCUT2D eigenvalue weighted by molar-refractivity contribution is -0.420. The first-order valence-electron chi connectivity index (χ1n) is 6.65. The van der Waals surface area contributed by atoms with Gasteiger partial charge in [-0.05, 0) is 29.9 Å². The van der Waals surface area contributed by atoms with Crippen LogP contribution in [0.3, 0.4) is 0 Å². The third-order valence-electron chi connectivity index (χ3n) is 3.32. The highest BCUT2D eigenvalue weighted by Crippen LogP contribution is 2.40. The third-order valence-corrected chi connectivity index (χ3v) is 3.32. The Morgan fingerprint density at radius 3 is 1.50 bits per heavy atom. The average Bonchev–Trinajstić information content (AvgIpc) is 2.13. The SMILES string of the molecule is C[C@H]([NH3+])c1cc(C(C)(C)C)c(O)c(C(C)(C)C)c1. The summed E-state index contributed by atoms with van der Waals surface area (Å²) >= 11 is 0. The van der Waals surface area contributed by atoms with E-state index in [1.807, 2.05) is 0 Å². The molecule has 0 aliphatic heterocycles. The first kappa shape index (κ1) is 15.0. The second kappa shape index (κ2) is 4.58. The highest BCUT2D eigenvalue weighted by atomic mass is 16.3. The van der Waals surface area contributed by atoms with Crippen molar-refractivity contribution in [3.63, 3.8) is 0 Å². The molecule has 0 heterocycles. The van der Waals surface area contributed by atoms with Crippen LogP contribution in [-0.2, 0) is 10.8 Å². The first-order valence-corrected chi connectivity index (χ1v) is 6.65. The molecule has 0 radical (unpaired) electrons. The van der Waals surface area contributed by atoms with E-state index >= 15 is 0 Å². The van der Waals surface area contributed by atoms with E-state index in [0.29, 0.717) is 5.75 Å². The normalized spacial score (nSPS) is 14.7. The molecule has 1 rings (SSSR count). The van der Waals surface area contributed by atoms with Gasteiger partial charge in [-0.25, -0.2) is 0 Å². The van der Waals surface area contributed by atoms with Crippen LogP contribution in [0.4, 0.5) is 0 Å². The van der Waals surface area contributed by atoms with Crippen LogP contribution in [0.5, 0.6) is 5.75 Å². The topological polar surface area (TPSA) is 47.9 Å². The zero-order valence-electron chi connectivity index (χ0n) is 12.9. The van der Waals surface area contributed by atoms with Crippen LogP contribution in [0, 0.1) is 0 Å². The molecule has 1 aromatic carbocycles. The number of hydrogen-bond donors (Lipinski definition) is 2. The maximum atomic E-state index is 10.5. The van der Waals surface area contributed by atoms with Gasteiger partial charge in [-0.3, -0.25) is 0 Å². The van der Waals surface area contributed by atoms with Crippen LogP contribution >= 0.6 is 0 Å². The van der Waals surface area contributed by atoms with Crippen molar-refractivity contribution < 1.29 is 10.8 Å². The van der Waals surface area contributed by atoms with E-state index in [9.17, 15) is 5.11 Å². The predicted octanol–water partition coefficient (Wildman–Crippen LogP) is 3.29. The Morgan fingerprint density at radius 2 is 1.28 bits per heavy atom. The molecule has 0 saturated carbocycles. The summed E-state index contributed by atoms with van der Waals surface area (Å²) < 4.78 is 0. The summed E-state index contributed by atoms with van der Waals surface area (Å²) in [6.45, 7) is 14.9. The largest absolute Gasteiger partial charge is 0.507 e. The number of rotatable bonds is 1. The van der Waals surface area contributed by atoms with E-state index in [1.54, 1.807) is 0 Å². The summed E-state index contributed by atoms with van der Waals surface area (Å²) in [6.07, 6.45) is 0. The highest BCUT2D eigenvalue weighted by Gasteiger charge is 2.27. The van der Waals surface area contributed by atoms with Crippen molar-refractivity contribution in [3.8, 4) is 5.75 Å². The summed E-state index contributed by atoms with van der Waals surface area (Å²) in [6, 6.07) is 4.43. The molecule has 0 unspecified atom stereocenters. The Labute approximate surface area is 111 Å². The Bertz CT molecular complexity index is 398. The van der Waals surface area contributed by atoms with Crippen LogP contribution in [-0.4, -0.2) is 5.11 Å². The molecule has 1 aromatic rings. The lowest BCUT2D eigenvalue weighted by atomic mass is 9.78. The molecule has 0 amide bonds. The van der Waals surface area contributed by atoms with Gasteiger partial charge in [-0.1, -0.05) is 41.5 Å². The van der Waals surface area contributed by atoms with Gasteiger partial charge >= 0.3 is 0 Å². The van der Waals surface area contributed by atoms with Gasteiger partial charge in [0.05, 0.1) is 0 Å². The molecule has 0 aromatic heterocycles. The molecular weight excluding hydrogens is 222 g/mol. The Morgan fingerprint density at radius 1 is 0.944 bits per heavy atom. The van der Waals surface area contributed by atoms with E-state index < -0.39 is 0 Å². The molecule has 0 fully saturated rings. The molecule has 2 nitrogen and oxygen atoms in total. The van der Waals surface area contributed by atoms with Crippen molar-refractivity contribution in [3.05, 3.63) is 28.8 Å². The summed E-state index contributed by atoms with van der Waals surface area (Å²) in [7, 11) is 0. The van der Waals surface area contributed by atoms with Crippen molar-refractivity contribution in [2.24, 2.45) is 0 Å². The molecule has 4 N–H and O–H groups in total. The minimum atomic E-state index is -0.0605. The molecule has 0 spiro atoms. The molecular formula is C16H28NO+. The Kier molecular flexibility index (Phi) is 3.83. The number of quaternary nitrogens is 1. The quantitative estimate of drug-likeness (QED) is 0.789. The second-order valence-electron chi connectivity index (χ2n) is 7.37. The van der Waals surface area contributed by atoms with Gasteiger partial charge in [-0.2, -0.15) is 0 Å². The predicted molar refractivity (Wildman–Crippen MR) is 76.8 cm³/mol. The number of hydrogen-bond acceptors (Lipinski definition) is 1. The fourth-order valence-electron chi connectivity index (χ4n) is 2.08. The third kappa shape index (κ3) is 3.05. The lowest BCUT2D eigenvalue weighted by Crippen LogP contribution is -2.51. The molecule has 0 saturated heterocycles. The minimum Gasteiger partial charge on any atom is -0.507 e. The van der Waals surface area contributed by atoms with E-state index in [0.717, 1.165) is 11.1 Å². The summed E-state index contributed by atoms with van der Waals surface area (Å²) in [5, 5.41) is 10.5. The molecule has 18 heavy (non-hydrogen) atoms. The Hall–Kier alpha value is -1.02. The number of phenolic OH excluding ortho intramolecular Hbond substituents is 1. The van der Waals surface area contributed by atoms with Crippen molar-refractivity contribution >= 4 is 0 Å². The van der Waals surface area contributed by atoms with Gasteiger partial charge in [0, 0.05) is 16.7 Å². The molecule has 102 valence electrons. The smallest absolute Gasteiger partial charge is 0.123 e. The van der Waals surface area contributed by atoms with Gasteiger partial charge < -0.3 is 10.8 Å². The van der Waals surface area contributed by atoms with Crippen LogP contribution in [0.15, 0.2) is 12.1 Å². The fourth-order valence-corrected chi connectivity index (χ4v) is 2.08. The van der Waals surface area contributed by atoms with Crippen molar-refractivity contribution in [1.82, 2.24) is 0 Å². The highest BCUT2D eigenvalue weighted by molar-refractivity contribution is 5.50. The lowest BCUT2D eigenvalue weighted by Gasteiger charge is -2.28. The summed E-state index contributed by atoms with van der Waals surface area (Å²) in [5.74, 6) is 0.444. The van der Waals surface area contributed by atoms with Crippen LogP contribution in [0.1, 0.15) is 71.2 Å². The van der Waals surface area contributed by atoms with Crippen LogP contribution < -0.4 is 5.73 Å². The minimum absolute atomic E-state index is 0.0605. The van der Waals surface area contributed by atoms with Crippen molar-refractivity contribution in [2.75, 3.05) is 0 Å². The fraction of sp³-hybridized carbons (Fsp3) is 0.625. The zero-order valence-corrected chi connectivity index (χ0v) is 12.9. The maximum absolute atomic E-state index is 10.5. The van der Waals surface area contributed by atoms with Crippen molar-refractivity contribution in [1.29, 1.82) is 0 Å². The van der Waals surface area contributed by atoms with E-state index in [1.165, 1.54) is 5.56 Å². The van der Waals surface area contributed by atoms with Crippen molar-refractivity contribution in [2.45, 2.75) is 65.3 Å². The molecule has 0 aliphatic rings. The van der Waals surface area contributed by atoms with E-state index in [2.05, 4.69) is 66.3 Å².